The highest BCUT2D eigenvalue weighted by atomic mass is 16.2. The molecule has 0 atom stereocenters. The van der Waals surface area contributed by atoms with Crippen LogP contribution in [0.1, 0.15) is 11.1 Å². The van der Waals surface area contributed by atoms with E-state index in [9.17, 15) is 4.79 Å². The zero-order chi connectivity index (χ0) is 16.8. The number of rotatable bonds is 5. The number of carbonyl (C=O) groups excluding carboxylic acids is 1. The lowest BCUT2D eigenvalue weighted by atomic mass is 10.1. The van der Waals surface area contributed by atoms with Crippen molar-refractivity contribution < 1.29 is 4.79 Å². The Hall–Kier alpha value is -3.01. The summed E-state index contributed by atoms with van der Waals surface area (Å²) in [5, 5.41) is 1.04. The Kier molecular flexibility index (Phi) is 4.96. The molecule has 0 bridgehead atoms. The number of hydrogen-bond donors (Lipinski definition) is 0. The summed E-state index contributed by atoms with van der Waals surface area (Å²) in [6.07, 6.45) is 9.59. The smallest absolute Gasteiger partial charge is 0.246 e. The maximum Gasteiger partial charge on any atom is 0.246 e. The van der Waals surface area contributed by atoms with Gasteiger partial charge < -0.3 is 4.90 Å². The fourth-order valence-electron chi connectivity index (χ4n) is 2.51. The van der Waals surface area contributed by atoms with Crippen LogP contribution in [0.3, 0.4) is 0 Å². The Balaban J connectivity index is 1.66. The first kappa shape index (κ1) is 15.9. The number of pyridine rings is 2. The number of benzene rings is 1. The van der Waals surface area contributed by atoms with E-state index in [0.717, 1.165) is 22.9 Å². The van der Waals surface area contributed by atoms with E-state index in [1.807, 2.05) is 55.6 Å². The highest BCUT2D eigenvalue weighted by Gasteiger charge is 2.05. The van der Waals surface area contributed by atoms with Crippen LogP contribution >= 0.6 is 0 Å². The number of likely N-dealkylation sites (N-methyl/N-ethyl adjacent to an activating group) is 1. The summed E-state index contributed by atoms with van der Waals surface area (Å²) < 4.78 is 0. The predicted octanol–water partition coefficient (Wildman–Crippen LogP) is 3.34. The summed E-state index contributed by atoms with van der Waals surface area (Å²) in [5.74, 6) is -0.00931. The van der Waals surface area contributed by atoms with Crippen LogP contribution in [0.2, 0.25) is 0 Å². The van der Waals surface area contributed by atoms with Gasteiger partial charge in [0.05, 0.1) is 5.52 Å². The van der Waals surface area contributed by atoms with Gasteiger partial charge in [0, 0.05) is 43.6 Å². The number of fused-ring (bicyclic) bond motifs is 1. The normalized spacial score (nSPS) is 11.0. The molecule has 24 heavy (non-hydrogen) atoms. The minimum absolute atomic E-state index is 0.00931. The molecule has 0 unspecified atom stereocenters. The lowest BCUT2D eigenvalue weighted by molar-refractivity contribution is -0.124. The van der Waals surface area contributed by atoms with Gasteiger partial charge in [0.25, 0.3) is 0 Å². The average molecular weight is 317 g/mol. The zero-order valence-electron chi connectivity index (χ0n) is 13.6. The fraction of sp³-hybridized carbons (Fsp3) is 0.150. The predicted molar refractivity (Wildman–Crippen MR) is 96.4 cm³/mol. The van der Waals surface area contributed by atoms with Crippen molar-refractivity contribution in [2.24, 2.45) is 0 Å². The number of carbonyl (C=O) groups is 1. The standard InChI is InChI=1S/C20H19N3O/c1-23(15-11-16-8-12-21-13-9-16)20(24)7-6-17-10-14-22-19-5-3-2-4-18(17)19/h2-10,12-14H,11,15H2,1H3/b7-6+. The second-order valence-electron chi connectivity index (χ2n) is 5.62. The quantitative estimate of drug-likeness (QED) is 0.678. The van der Waals surface area contributed by atoms with E-state index in [0.29, 0.717) is 6.54 Å². The van der Waals surface area contributed by atoms with E-state index in [1.165, 1.54) is 5.56 Å². The summed E-state index contributed by atoms with van der Waals surface area (Å²) in [6, 6.07) is 13.8. The molecule has 0 spiro atoms. The monoisotopic (exact) mass is 317 g/mol. The minimum Gasteiger partial charge on any atom is -0.342 e. The lowest BCUT2D eigenvalue weighted by Crippen LogP contribution is -2.27. The average Bonchev–Trinajstić information content (AvgIpc) is 2.65. The van der Waals surface area contributed by atoms with Crippen molar-refractivity contribution in [2.75, 3.05) is 13.6 Å². The van der Waals surface area contributed by atoms with Crippen molar-refractivity contribution in [3.8, 4) is 0 Å². The van der Waals surface area contributed by atoms with Crippen LogP contribution in [0.5, 0.6) is 0 Å². The highest BCUT2D eigenvalue weighted by molar-refractivity contribution is 5.95. The molecule has 2 heterocycles. The van der Waals surface area contributed by atoms with E-state index in [-0.39, 0.29) is 5.91 Å². The Morgan fingerprint density at radius 1 is 1.08 bits per heavy atom. The van der Waals surface area contributed by atoms with E-state index in [1.54, 1.807) is 29.6 Å². The maximum absolute atomic E-state index is 12.3. The summed E-state index contributed by atoms with van der Waals surface area (Å²) in [4.78, 5) is 22.3. The second-order valence-corrected chi connectivity index (χ2v) is 5.62. The van der Waals surface area contributed by atoms with Crippen LogP contribution < -0.4 is 0 Å². The first-order valence-electron chi connectivity index (χ1n) is 7.90. The van der Waals surface area contributed by atoms with Gasteiger partial charge in [-0.2, -0.15) is 0 Å². The molecule has 1 aromatic carbocycles. The van der Waals surface area contributed by atoms with Crippen molar-refractivity contribution in [1.82, 2.24) is 14.9 Å². The van der Waals surface area contributed by atoms with E-state index >= 15 is 0 Å². The Morgan fingerprint density at radius 2 is 1.88 bits per heavy atom. The molecule has 2 aromatic heterocycles. The number of nitrogens with zero attached hydrogens (tertiary/aromatic N) is 3. The lowest BCUT2D eigenvalue weighted by Gasteiger charge is -2.14. The van der Waals surface area contributed by atoms with Gasteiger partial charge in [-0.05, 0) is 47.9 Å². The molecule has 3 rings (SSSR count). The van der Waals surface area contributed by atoms with Crippen LogP contribution in [-0.4, -0.2) is 34.4 Å². The number of aromatic nitrogens is 2. The molecule has 1 amide bonds. The van der Waals surface area contributed by atoms with Gasteiger partial charge in [0.15, 0.2) is 0 Å². The van der Waals surface area contributed by atoms with Crippen molar-refractivity contribution in [2.45, 2.75) is 6.42 Å². The van der Waals surface area contributed by atoms with E-state index in [2.05, 4.69) is 9.97 Å². The van der Waals surface area contributed by atoms with Crippen molar-refractivity contribution in [3.63, 3.8) is 0 Å². The van der Waals surface area contributed by atoms with Gasteiger partial charge in [0.1, 0.15) is 0 Å². The molecule has 0 fully saturated rings. The third-order valence-corrected chi connectivity index (χ3v) is 3.95. The third kappa shape index (κ3) is 3.84. The molecule has 0 radical (unpaired) electrons. The van der Waals surface area contributed by atoms with Gasteiger partial charge in [-0.15, -0.1) is 0 Å². The van der Waals surface area contributed by atoms with Gasteiger partial charge in [-0.1, -0.05) is 18.2 Å². The van der Waals surface area contributed by atoms with Crippen LogP contribution in [0, 0.1) is 0 Å². The molecule has 0 saturated carbocycles. The van der Waals surface area contributed by atoms with Gasteiger partial charge in [0.2, 0.25) is 5.91 Å². The largest absolute Gasteiger partial charge is 0.342 e. The molecule has 0 aliphatic rings. The first-order chi connectivity index (χ1) is 11.7. The molecule has 120 valence electrons. The van der Waals surface area contributed by atoms with Crippen LogP contribution in [0.15, 0.2) is 67.1 Å². The molecule has 0 N–H and O–H groups in total. The van der Waals surface area contributed by atoms with Crippen LogP contribution in [0.25, 0.3) is 17.0 Å². The second kappa shape index (κ2) is 7.51. The first-order valence-corrected chi connectivity index (χ1v) is 7.90. The third-order valence-electron chi connectivity index (χ3n) is 3.95. The molecular weight excluding hydrogens is 298 g/mol. The summed E-state index contributed by atoms with van der Waals surface area (Å²) in [5.41, 5.74) is 3.10. The molecule has 3 aromatic rings. The molecule has 4 nitrogen and oxygen atoms in total. The zero-order valence-corrected chi connectivity index (χ0v) is 13.6. The number of amides is 1. The number of para-hydroxylation sites is 1. The summed E-state index contributed by atoms with van der Waals surface area (Å²) in [7, 11) is 1.82. The molecule has 0 saturated heterocycles. The summed E-state index contributed by atoms with van der Waals surface area (Å²) >= 11 is 0. The molecular formula is C20H19N3O. The highest BCUT2D eigenvalue weighted by Crippen LogP contribution is 2.17. The SMILES string of the molecule is CN(CCc1ccncc1)C(=O)/C=C/c1ccnc2ccccc12. The summed E-state index contributed by atoms with van der Waals surface area (Å²) in [6.45, 7) is 0.671. The van der Waals surface area contributed by atoms with Crippen molar-refractivity contribution in [1.29, 1.82) is 0 Å². The fourth-order valence-corrected chi connectivity index (χ4v) is 2.51. The van der Waals surface area contributed by atoms with Crippen molar-refractivity contribution >= 4 is 22.9 Å². The molecule has 0 aliphatic heterocycles. The van der Waals surface area contributed by atoms with Gasteiger partial charge in [-0.3, -0.25) is 14.8 Å². The topological polar surface area (TPSA) is 46.1 Å². The van der Waals surface area contributed by atoms with Crippen LogP contribution in [-0.2, 0) is 11.2 Å². The maximum atomic E-state index is 12.3. The van der Waals surface area contributed by atoms with Crippen LogP contribution in [0.4, 0.5) is 0 Å². The minimum atomic E-state index is -0.00931. The Bertz CT molecular complexity index is 854. The van der Waals surface area contributed by atoms with Gasteiger partial charge in [-0.25, -0.2) is 0 Å². The van der Waals surface area contributed by atoms with Gasteiger partial charge >= 0.3 is 0 Å². The Morgan fingerprint density at radius 3 is 2.71 bits per heavy atom. The van der Waals surface area contributed by atoms with Crippen molar-refractivity contribution in [3.05, 3.63) is 78.3 Å². The van der Waals surface area contributed by atoms with E-state index in [4.69, 9.17) is 0 Å². The molecule has 0 aliphatic carbocycles. The molecule has 4 heteroatoms. The van der Waals surface area contributed by atoms with E-state index < -0.39 is 0 Å². The number of hydrogen-bond acceptors (Lipinski definition) is 3. The Labute approximate surface area is 141 Å².